The number of hydrogen-bond acceptors (Lipinski definition) is 3. The van der Waals surface area contributed by atoms with E-state index in [1.807, 2.05) is 18.2 Å². The summed E-state index contributed by atoms with van der Waals surface area (Å²) >= 11 is 0. The molecule has 1 N–H and O–H groups in total. The molecule has 1 aliphatic rings. The Balaban J connectivity index is 2.20. The average Bonchev–Trinajstić information content (AvgIpc) is 2.50. The van der Waals surface area contributed by atoms with Crippen LogP contribution in [0.2, 0.25) is 0 Å². The molecule has 3 nitrogen and oxygen atoms in total. The lowest BCUT2D eigenvalue weighted by atomic mass is 10.1. The van der Waals surface area contributed by atoms with Gasteiger partial charge < -0.3 is 14.6 Å². The second-order valence-electron chi connectivity index (χ2n) is 3.81. The summed E-state index contributed by atoms with van der Waals surface area (Å²) in [6.45, 7) is 3.26. The molecule has 2 rings (SSSR count). The Labute approximate surface area is 89.6 Å². The molecule has 0 saturated heterocycles. The Morgan fingerprint density at radius 3 is 2.67 bits per heavy atom. The van der Waals surface area contributed by atoms with Crippen molar-refractivity contribution in [3.8, 4) is 11.5 Å². The Kier molecular flexibility index (Phi) is 3.11. The minimum Gasteiger partial charge on any atom is -0.489 e. The largest absolute Gasteiger partial charge is 0.489 e. The summed E-state index contributed by atoms with van der Waals surface area (Å²) in [4.78, 5) is 0. The van der Waals surface area contributed by atoms with Gasteiger partial charge in [0.05, 0.1) is 25.7 Å². The fraction of sp³-hybridized carbons (Fsp3) is 0.500. The summed E-state index contributed by atoms with van der Waals surface area (Å²) in [5, 5.41) is 9.04. The van der Waals surface area contributed by atoms with Gasteiger partial charge >= 0.3 is 0 Å². The molecule has 0 aromatic heterocycles. The van der Waals surface area contributed by atoms with Crippen LogP contribution in [0, 0.1) is 5.92 Å². The molecule has 1 aromatic carbocycles. The molecule has 3 heteroatoms. The summed E-state index contributed by atoms with van der Waals surface area (Å²) < 4.78 is 11.2. The lowest BCUT2D eigenvalue weighted by molar-refractivity contribution is 0.137. The first-order chi connectivity index (χ1) is 7.33. The molecule has 1 aliphatic heterocycles. The van der Waals surface area contributed by atoms with Crippen LogP contribution in [0.5, 0.6) is 11.5 Å². The molecule has 1 aromatic rings. The van der Waals surface area contributed by atoms with Crippen molar-refractivity contribution in [2.24, 2.45) is 5.92 Å². The molecule has 0 radical (unpaired) electrons. The van der Waals surface area contributed by atoms with Gasteiger partial charge in [-0.25, -0.2) is 0 Å². The molecule has 0 spiro atoms. The van der Waals surface area contributed by atoms with Gasteiger partial charge in [-0.3, -0.25) is 0 Å². The zero-order chi connectivity index (χ0) is 10.7. The molecule has 82 valence electrons. The Morgan fingerprint density at radius 1 is 1.27 bits per heavy atom. The van der Waals surface area contributed by atoms with E-state index in [2.05, 4.69) is 6.92 Å². The molecule has 1 atom stereocenters. The van der Waals surface area contributed by atoms with Crippen molar-refractivity contribution < 1.29 is 14.6 Å². The lowest BCUT2D eigenvalue weighted by Crippen LogP contribution is -2.20. The van der Waals surface area contributed by atoms with Crippen LogP contribution in [0.1, 0.15) is 12.5 Å². The molecule has 15 heavy (non-hydrogen) atoms. The van der Waals surface area contributed by atoms with Crippen LogP contribution >= 0.6 is 0 Å². The van der Waals surface area contributed by atoms with Gasteiger partial charge in [0.1, 0.15) is 0 Å². The molecular formula is C12H16O3. The second-order valence-corrected chi connectivity index (χ2v) is 3.81. The summed E-state index contributed by atoms with van der Waals surface area (Å²) in [5.41, 5.74) is 1.24. The number of aliphatic hydroxyl groups excluding tert-OH is 1. The molecule has 0 aliphatic carbocycles. The van der Waals surface area contributed by atoms with E-state index in [1.165, 1.54) is 5.56 Å². The van der Waals surface area contributed by atoms with Gasteiger partial charge in [-0.2, -0.15) is 0 Å². The fourth-order valence-electron chi connectivity index (χ4n) is 1.57. The van der Waals surface area contributed by atoms with Crippen LogP contribution in [-0.2, 0) is 6.42 Å². The predicted molar refractivity (Wildman–Crippen MR) is 57.4 cm³/mol. The number of rotatable bonds is 2. The lowest BCUT2D eigenvalue weighted by Gasteiger charge is -2.08. The SMILES string of the molecule is CCc1ccc2c(c1)OCC(CO)CO2. The van der Waals surface area contributed by atoms with Crippen molar-refractivity contribution in [2.75, 3.05) is 19.8 Å². The van der Waals surface area contributed by atoms with E-state index >= 15 is 0 Å². The number of aliphatic hydroxyl groups is 1. The molecule has 0 amide bonds. The van der Waals surface area contributed by atoms with Crippen molar-refractivity contribution in [1.82, 2.24) is 0 Å². The second kappa shape index (κ2) is 4.53. The van der Waals surface area contributed by atoms with Crippen LogP contribution in [0.15, 0.2) is 18.2 Å². The van der Waals surface area contributed by atoms with Crippen LogP contribution in [0.3, 0.4) is 0 Å². The fourth-order valence-corrected chi connectivity index (χ4v) is 1.57. The van der Waals surface area contributed by atoms with Gasteiger partial charge in [0.2, 0.25) is 0 Å². The van der Waals surface area contributed by atoms with E-state index in [4.69, 9.17) is 14.6 Å². The first-order valence-corrected chi connectivity index (χ1v) is 5.33. The van der Waals surface area contributed by atoms with Crippen molar-refractivity contribution in [2.45, 2.75) is 13.3 Å². The van der Waals surface area contributed by atoms with E-state index in [-0.39, 0.29) is 12.5 Å². The van der Waals surface area contributed by atoms with E-state index < -0.39 is 0 Å². The number of fused-ring (bicyclic) bond motifs is 1. The number of aryl methyl sites for hydroxylation is 1. The maximum atomic E-state index is 9.04. The van der Waals surface area contributed by atoms with Crippen molar-refractivity contribution in [1.29, 1.82) is 0 Å². The Hall–Kier alpha value is -1.22. The summed E-state index contributed by atoms with van der Waals surface area (Å²) in [6, 6.07) is 5.99. The van der Waals surface area contributed by atoms with Crippen LogP contribution < -0.4 is 9.47 Å². The highest BCUT2D eigenvalue weighted by Crippen LogP contribution is 2.31. The third kappa shape index (κ3) is 2.23. The summed E-state index contributed by atoms with van der Waals surface area (Å²) in [6.07, 6.45) is 0.986. The van der Waals surface area contributed by atoms with Gasteiger partial charge in [-0.05, 0) is 24.1 Å². The van der Waals surface area contributed by atoms with E-state index in [0.29, 0.717) is 13.2 Å². The van der Waals surface area contributed by atoms with Crippen LogP contribution in [-0.4, -0.2) is 24.9 Å². The number of benzene rings is 1. The number of hydrogen-bond donors (Lipinski definition) is 1. The third-order valence-electron chi connectivity index (χ3n) is 2.62. The van der Waals surface area contributed by atoms with E-state index in [0.717, 1.165) is 17.9 Å². The highest BCUT2D eigenvalue weighted by Gasteiger charge is 2.17. The van der Waals surface area contributed by atoms with Crippen LogP contribution in [0.4, 0.5) is 0 Å². The molecule has 1 unspecified atom stereocenters. The standard InChI is InChI=1S/C12H16O3/c1-2-9-3-4-11-12(5-9)15-8-10(6-13)7-14-11/h3-5,10,13H,2,6-8H2,1H3. The predicted octanol–water partition coefficient (Wildman–Crippen LogP) is 1.63. The Morgan fingerprint density at radius 2 is 2.00 bits per heavy atom. The van der Waals surface area contributed by atoms with Crippen molar-refractivity contribution in [3.05, 3.63) is 23.8 Å². The minimum absolute atomic E-state index is 0.0717. The van der Waals surface area contributed by atoms with Crippen LogP contribution in [0.25, 0.3) is 0 Å². The maximum absolute atomic E-state index is 9.04. The van der Waals surface area contributed by atoms with Gasteiger partial charge in [-0.15, -0.1) is 0 Å². The van der Waals surface area contributed by atoms with Crippen molar-refractivity contribution >= 4 is 0 Å². The van der Waals surface area contributed by atoms with Gasteiger partial charge in [0, 0.05) is 0 Å². The topological polar surface area (TPSA) is 38.7 Å². The smallest absolute Gasteiger partial charge is 0.161 e. The average molecular weight is 208 g/mol. The Bertz CT molecular complexity index is 336. The minimum atomic E-state index is 0.0717. The highest BCUT2D eigenvalue weighted by molar-refractivity contribution is 5.43. The normalized spacial score (nSPS) is 19.7. The number of ether oxygens (including phenoxy) is 2. The molecule has 1 heterocycles. The molecule has 0 bridgehead atoms. The summed E-state index contributed by atoms with van der Waals surface area (Å²) in [5.74, 6) is 1.65. The maximum Gasteiger partial charge on any atom is 0.161 e. The first kappa shape index (κ1) is 10.3. The molecule has 0 fully saturated rings. The third-order valence-corrected chi connectivity index (χ3v) is 2.62. The monoisotopic (exact) mass is 208 g/mol. The van der Waals surface area contributed by atoms with Crippen molar-refractivity contribution in [3.63, 3.8) is 0 Å². The molecular weight excluding hydrogens is 192 g/mol. The zero-order valence-corrected chi connectivity index (χ0v) is 8.90. The van der Waals surface area contributed by atoms with E-state index in [1.54, 1.807) is 0 Å². The first-order valence-electron chi connectivity index (χ1n) is 5.33. The zero-order valence-electron chi connectivity index (χ0n) is 8.90. The van der Waals surface area contributed by atoms with Gasteiger partial charge in [-0.1, -0.05) is 13.0 Å². The van der Waals surface area contributed by atoms with Gasteiger partial charge in [0.15, 0.2) is 11.5 Å². The quantitative estimate of drug-likeness (QED) is 0.802. The summed E-state index contributed by atoms with van der Waals surface area (Å²) in [7, 11) is 0. The van der Waals surface area contributed by atoms with Gasteiger partial charge in [0.25, 0.3) is 0 Å². The molecule has 0 saturated carbocycles. The highest BCUT2D eigenvalue weighted by atomic mass is 16.5. The van der Waals surface area contributed by atoms with E-state index in [9.17, 15) is 0 Å².